The van der Waals surface area contributed by atoms with Crippen molar-refractivity contribution in [2.24, 2.45) is 0 Å². The third-order valence-electron chi connectivity index (χ3n) is 2.51. The normalized spacial score (nSPS) is 10.7. The molecular weight excluding hydrogens is 187 g/mol. The van der Waals surface area contributed by atoms with Crippen molar-refractivity contribution in [3.05, 3.63) is 0 Å². The first kappa shape index (κ1) is 14.3. The molecule has 0 aromatic rings. The summed E-state index contributed by atoms with van der Waals surface area (Å²) in [6.45, 7) is 0. The molecule has 0 unspecified atom stereocenters. The Labute approximate surface area is 107 Å². The van der Waals surface area contributed by atoms with Gasteiger partial charge in [0.05, 0.1) is 0 Å². The zero-order chi connectivity index (χ0) is 9.78. The molecule has 0 spiro atoms. The van der Waals surface area contributed by atoms with E-state index in [1.54, 1.807) is 0 Å². The van der Waals surface area contributed by atoms with Crippen LogP contribution >= 0.6 is 12.6 Å². The van der Waals surface area contributed by atoms with Gasteiger partial charge in [0.2, 0.25) is 0 Å². The van der Waals surface area contributed by atoms with Gasteiger partial charge in [0, 0.05) is 0 Å². The first-order valence-corrected chi connectivity index (χ1v) is 8.07. The zero-order valence-corrected chi connectivity index (χ0v) is 12.1. The number of rotatable bonds is 10. The maximum atomic E-state index is 4.21. The van der Waals surface area contributed by atoms with Crippen LogP contribution in [0.4, 0.5) is 0 Å². The van der Waals surface area contributed by atoms with E-state index in [1.807, 2.05) is 0 Å². The van der Waals surface area contributed by atoms with Crippen molar-refractivity contribution >= 4 is 40.6 Å². The van der Waals surface area contributed by atoms with E-state index in [0.29, 0.717) is 0 Å². The molecule has 0 atom stereocenters. The van der Waals surface area contributed by atoms with Gasteiger partial charge < -0.3 is 0 Å². The maximum absolute atomic E-state index is 4.21. The summed E-state index contributed by atoms with van der Waals surface area (Å²) in [6, 6.07) is 0. The number of unbranched alkanes of at least 4 members (excludes halogenated alkanes) is 8. The van der Waals surface area contributed by atoms with Gasteiger partial charge in [-0.2, -0.15) is 0 Å². The molecule has 13 heavy (non-hydrogen) atoms. The van der Waals surface area contributed by atoms with Crippen molar-refractivity contribution in [1.82, 2.24) is 0 Å². The van der Waals surface area contributed by atoms with Crippen LogP contribution in [0.1, 0.15) is 57.8 Å². The summed E-state index contributed by atoms with van der Waals surface area (Å²) in [4.78, 5) is 0. The Balaban J connectivity index is 2.76. The van der Waals surface area contributed by atoms with Gasteiger partial charge in [-0.05, 0) is 0 Å². The monoisotopic (exact) mass is 210 g/mol. The van der Waals surface area contributed by atoms with Crippen LogP contribution in [0.2, 0.25) is 3.67 Å². The van der Waals surface area contributed by atoms with Gasteiger partial charge >= 0.3 is 108 Å². The fourth-order valence-electron chi connectivity index (χ4n) is 1.60. The Hall–Kier alpha value is 1.35. The van der Waals surface area contributed by atoms with Crippen LogP contribution in [0.5, 0.6) is 0 Å². The molecule has 0 aromatic heterocycles. The summed E-state index contributed by atoms with van der Waals surface area (Å²) in [6.07, 6.45) is 13.0. The molecule has 0 heterocycles. The molecule has 0 aliphatic carbocycles. The van der Waals surface area contributed by atoms with Crippen molar-refractivity contribution < 1.29 is 0 Å². The molecule has 0 aromatic carbocycles. The Morgan fingerprint density at radius 3 is 1.38 bits per heavy atom. The van der Waals surface area contributed by atoms with E-state index in [2.05, 4.69) is 12.6 Å². The summed E-state index contributed by atoms with van der Waals surface area (Å²) in [5, 5.41) is 0. The molecule has 0 saturated heterocycles. The third-order valence-corrected chi connectivity index (χ3v) is 3.54. The topological polar surface area (TPSA) is 0 Å². The summed E-state index contributed by atoms with van der Waals surface area (Å²) >= 11 is 5.61. The number of hydrogen-bond acceptors (Lipinski definition) is 1. The van der Waals surface area contributed by atoms with Crippen molar-refractivity contribution in [1.29, 1.82) is 0 Å². The average molecular weight is 210 g/mol. The third kappa shape index (κ3) is 13.3. The first-order valence-electron chi connectivity index (χ1n) is 6.02. The minimum atomic E-state index is 1.07. The Morgan fingerprint density at radius 1 is 0.615 bits per heavy atom. The van der Waals surface area contributed by atoms with Gasteiger partial charge in [-0.15, -0.1) is 0 Å². The second-order valence-corrected chi connectivity index (χ2v) is 5.35. The van der Waals surface area contributed by atoms with Crippen molar-refractivity contribution in [3.8, 4) is 0 Å². The van der Waals surface area contributed by atoms with Gasteiger partial charge in [0.15, 0.2) is 0 Å². The molecular formula is C11H23NaS. The van der Waals surface area contributed by atoms with Crippen LogP contribution in [0, 0.1) is 0 Å². The second kappa shape index (κ2) is 13.4. The van der Waals surface area contributed by atoms with E-state index in [1.165, 1.54) is 89.4 Å². The molecule has 2 heteroatoms. The van der Waals surface area contributed by atoms with Crippen molar-refractivity contribution in [2.75, 3.05) is 5.75 Å². The summed E-state index contributed by atoms with van der Waals surface area (Å²) in [5.74, 6) is 1.07. The summed E-state index contributed by atoms with van der Waals surface area (Å²) in [7, 11) is 0. The molecule has 0 rings (SSSR count). The second-order valence-electron chi connectivity index (χ2n) is 3.91. The van der Waals surface area contributed by atoms with Crippen molar-refractivity contribution in [2.45, 2.75) is 61.5 Å². The summed E-state index contributed by atoms with van der Waals surface area (Å²) < 4.78 is 1.50. The van der Waals surface area contributed by atoms with E-state index in [9.17, 15) is 0 Å². The van der Waals surface area contributed by atoms with Gasteiger partial charge in [-0.3, -0.25) is 0 Å². The zero-order valence-electron chi connectivity index (χ0n) is 9.23. The van der Waals surface area contributed by atoms with Crippen LogP contribution in [0.15, 0.2) is 0 Å². The molecule has 0 N–H and O–H groups in total. The van der Waals surface area contributed by atoms with Gasteiger partial charge in [0.25, 0.3) is 0 Å². The average Bonchev–Trinajstić information content (AvgIpc) is 2.16. The van der Waals surface area contributed by atoms with Gasteiger partial charge in [-0.1, -0.05) is 0 Å². The van der Waals surface area contributed by atoms with Crippen LogP contribution in [0.25, 0.3) is 0 Å². The van der Waals surface area contributed by atoms with E-state index in [0.717, 1.165) is 5.75 Å². The predicted octanol–water partition coefficient (Wildman–Crippen LogP) is 4.01. The van der Waals surface area contributed by atoms with E-state index in [-0.39, 0.29) is 0 Å². The Kier molecular flexibility index (Phi) is 14.7. The number of thiol groups is 1. The van der Waals surface area contributed by atoms with E-state index in [4.69, 9.17) is 0 Å². The molecule has 74 valence electrons. The van der Waals surface area contributed by atoms with Crippen LogP contribution in [0.3, 0.4) is 0 Å². The molecule has 0 bridgehead atoms. The van der Waals surface area contributed by atoms with E-state index < -0.39 is 0 Å². The Morgan fingerprint density at radius 2 is 1.00 bits per heavy atom. The SMILES string of the molecule is [Na][CH2]CCCCCCCCCCS. The molecule has 0 amide bonds. The van der Waals surface area contributed by atoms with Crippen molar-refractivity contribution in [3.63, 3.8) is 0 Å². The number of hydrogen-bond donors (Lipinski definition) is 1. The minimum absolute atomic E-state index is 1.07. The van der Waals surface area contributed by atoms with Gasteiger partial charge in [-0.25, -0.2) is 0 Å². The summed E-state index contributed by atoms with van der Waals surface area (Å²) in [5.41, 5.74) is 0. The van der Waals surface area contributed by atoms with Crippen LogP contribution in [-0.2, 0) is 0 Å². The fourth-order valence-corrected chi connectivity index (χ4v) is 2.32. The fraction of sp³-hybridized carbons (Fsp3) is 1.00. The van der Waals surface area contributed by atoms with E-state index >= 15 is 0 Å². The molecule has 0 saturated carbocycles. The predicted molar refractivity (Wildman–Crippen MR) is 66.0 cm³/mol. The van der Waals surface area contributed by atoms with Crippen LogP contribution in [-0.4, -0.2) is 33.7 Å². The molecule has 0 aliphatic heterocycles. The quantitative estimate of drug-likeness (QED) is 0.314. The molecule has 0 radical (unpaired) electrons. The molecule has 0 aliphatic rings. The first-order chi connectivity index (χ1) is 6.41. The molecule has 0 fully saturated rings. The molecule has 0 nitrogen and oxygen atoms in total. The van der Waals surface area contributed by atoms with Crippen LogP contribution < -0.4 is 0 Å². The Bertz CT molecular complexity index is 76.2. The standard InChI is InChI=1S/C11H23S.Na/c1-2-3-4-5-6-7-8-9-10-11-12;/h12H,1-11H2;. The van der Waals surface area contributed by atoms with Gasteiger partial charge in [0.1, 0.15) is 0 Å².